The minimum Gasteiger partial charge on any atom is -0.397 e. The van der Waals surface area contributed by atoms with Gasteiger partial charge in [0, 0.05) is 11.6 Å². The first kappa shape index (κ1) is 11.5. The van der Waals surface area contributed by atoms with E-state index in [4.69, 9.17) is 17.3 Å². The van der Waals surface area contributed by atoms with E-state index in [9.17, 15) is 8.42 Å². The molecule has 0 atom stereocenters. The molecule has 1 aromatic carbocycles. The van der Waals surface area contributed by atoms with Crippen LogP contribution < -0.4 is 10.0 Å². The van der Waals surface area contributed by atoms with E-state index in [0.717, 1.165) is 6.42 Å². The summed E-state index contributed by atoms with van der Waals surface area (Å²) in [5.74, 6) is 0.180. The average molecular weight is 261 g/mol. The quantitative estimate of drug-likeness (QED) is 0.784. The van der Waals surface area contributed by atoms with Crippen LogP contribution in [0.2, 0.25) is 5.02 Å². The van der Waals surface area contributed by atoms with Gasteiger partial charge >= 0.3 is 0 Å². The van der Waals surface area contributed by atoms with Crippen molar-refractivity contribution in [2.24, 2.45) is 0 Å². The topological polar surface area (TPSA) is 63.4 Å². The van der Waals surface area contributed by atoms with E-state index in [-0.39, 0.29) is 5.75 Å². The summed E-state index contributed by atoms with van der Waals surface area (Å²) < 4.78 is 25.1. The Labute approximate surface area is 100 Å². The Kier molecular flexibility index (Phi) is 2.99. The van der Waals surface area contributed by atoms with Crippen LogP contribution in [0.15, 0.2) is 18.2 Å². The van der Waals surface area contributed by atoms with Crippen molar-refractivity contribution in [1.82, 2.24) is 0 Å². The number of nitrogens with zero attached hydrogens (tertiary/aromatic N) is 1. The smallest absolute Gasteiger partial charge is 0.235 e. The summed E-state index contributed by atoms with van der Waals surface area (Å²) >= 11 is 5.85. The first-order valence-electron chi connectivity index (χ1n) is 5.06. The first-order valence-corrected chi connectivity index (χ1v) is 7.05. The summed E-state index contributed by atoms with van der Waals surface area (Å²) in [5, 5.41) is 0.491. The van der Waals surface area contributed by atoms with E-state index in [1.54, 1.807) is 18.2 Å². The second-order valence-electron chi connectivity index (χ2n) is 3.80. The monoisotopic (exact) mass is 260 g/mol. The molecule has 16 heavy (non-hydrogen) atoms. The maximum Gasteiger partial charge on any atom is 0.235 e. The summed E-state index contributed by atoms with van der Waals surface area (Å²) in [5.41, 5.74) is 6.71. The molecule has 1 saturated heterocycles. The van der Waals surface area contributed by atoms with Crippen LogP contribution in [-0.4, -0.2) is 20.7 Å². The fourth-order valence-corrected chi connectivity index (χ4v) is 3.61. The van der Waals surface area contributed by atoms with Crippen LogP contribution in [0.3, 0.4) is 0 Å². The van der Waals surface area contributed by atoms with Gasteiger partial charge in [0.1, 0.15) is 0 Å². The minimum absolute atomic E-state index is 0.180. The molecule has 0 amide bonds. The lowest BCUT2D eigenvalue weighted by Gasteiger charge is -2.29. The number of benzene rings is 1. The predicted molar refractivity (Wildman–Crippen MR) is 66.2 cm³/mol. The van der Waals surface area contributed by atoms with Crippen molar-refractivity contribution in [3.05, 3.63) is 23.2 Å². The zero-order valence-corrected chi connectivity index (χ0v) is 10.3. The summed E-state index contributed by atoms with van der Waals surface area (Å²) in [6.07, 6.45) is 1.56. The maximum atomic E-state index is 11.9. The Morgan fingerprint density at radius 2 is 2.06 bits per heavy atom. The van der Waals surface area contributed by atoms with Gasteiger partial charge in [0.15, 0.2) is 0 Å². The van der Waals surface area contributed by atoms with Crippen LogP contribution in [0.4, 0.5) is 11.4 Å². The maximum absolute atomic E-state index is 11.9. The van der Waals surface area contributed by atoms with E-state index in [1.807, 2.05) is 0 Å². The normalized spacial score (nSPS) is 19.7. The van der Waals surface area contributed by atoms with Crippen LogP contribution in [0, 0.1) is 0 Å². The van der Waals surface area contributed by atoms with E-state index < -0.39 is 10.0 Å². The lowest BCUT2D eigenvalue weighted by Crippen LogP contribution is -2.38. The molecule has 1 aliphatic rings. The van der Waals surface area contributed by atoms with E-state index in [2.05, 4.69) is 0 Å². The largest absolute Gasteiger partial charge is 0.397 e. The Balaban J connectivity index is 2.46. The van der Waals surface area contributed by atoms with Crippen molar-refractivity contribution in [2.45, 2.75) is 12.8 Å². The van der Waals surface area contributed by atoms with Crippen LogP contribution in [-0.2, 0) is 10.0 Å². The zero-order chi connectivity index (χ0) is 11.8. The zero-order valence-electron chi connectivity index (χ0n) is 8.69. The number of sulfonamides is 1. The number of halogens is 1. The molecule has 2 rings (SSSR count). The molecule has 1 aromatic rings. The van der Waals surface area contributed by atoms with Crippen molar-refractivity contribution in [3.63, 3.8) is 0 Å². The Bertz CT molecular complexity index is 502. The molecule has 0 spiro atoms. The molecule has 0 radical (unpaired) electrons. The van der Waals surface area contributed by atoms with Gasteiger partial charge in [-0.1, -0.05) is 11.6 Å². The molecule has 0 saturated carbocycles. The molecule has 0 aliphatic carbocycles. The van der Waals surface area contributed by atoms with Crippen molar-refractivity contribution < 1.29 is 8.42 Å². The fourth-order valence-electron chi connectivity index (χ4n) is 1.79. The molecular weight excluding hydrogens is 248 g/mol. The molecule has 4 nitrogen and oxygen atoms in total. The van der Waals surface area contributed by atoms with Gasteiger partial charge in [-0.15, -0.1) is 0 Å². The van der Waals surface area contributed by atoms with Crippen molar-refractivity contribution in [2.75, 3.05) is 22.3 Å². The molecule has 0 unspecified atom stereocenters. The van der Waals surface area contributed by atoms with Crippen LogP contribution >= 0.6 is 11.6 Å². The van der Waals surface area contributed by atoms with Gasteiger partial charge in [0.05, 0.1) is 17.1 Å². The number of nitrogens with two attached hydrogens (primary N) is 1. The van der Waals surface area contributed by atoms with E-state index in [1.165, 1.54) is 4.31 Å². The number of rotatable bonds is 1. The standard InChI is InChI=1S/C10H13ClN2O2S/c11-8-3-4-9(12)10(7-8)13-5-1-2-6-16(13,14)15/h3-4,7H,1-2,5-6,12H2. The highest BCUT2D eigenvalue weighted by molar-refractivity contribution is 7.92. The lowest BCUT2D eigenvalue weighted by atomic mass is 10.2. The van der Waals surface area contributed by atoms with Gasteiger partial charge < -0.3 is 5.73 Å². The van der Waals surface area contributed by atoms with Crippen molar-refractivity contribution in [3.8, 4) is 0 Å². The van der Waals surface area contributed by atoms with Gasteiger partial charge in [-0.25, -0.2) is 8.42 Å². The summed E-state index contributed by atoms with van der Waals surface area (Å²) in [4.78, 5) is 0. The average Bonchev–Trinajstić information content (AvgIpc) is 2.22. The van der Waals surface area contributed by atoms with E-state index in [0.29, 0.717) is 29.4 Å². The fraction of sp³-hybridized carbons (Fsp3) is 0.400. The molecule has 2 N–H and O–H groups in total. The number of hydrogen-bond donors (Lipinski definition) is 1. The summed E-state index contributed by atoms with van der Waals surface area (Å²) in [6.45, 7) is 0.479. The lowest BCUT2D eigenvalue weighted by molar-refractivity contribution is 0.574. The Morgan fingerprint density at radius 3 is 2.75 bits per heavy atom. The minimum atomic E-state index is -3.22. The van der Waals surface area contributed by atoms with Crippen molar-refractivity contribution in [1.29, 1.82) is 0 Å². The SMILES string of the molecule is Nc1ccc(Cl)cc1N1CCCCS1(=O)=O. The number of nitrogen functional groups attached to an aromatic ring is 1. The van der Waals surface area contributed by atoms with Crippen LogP contribution in [0.25, 0.3) is 0 Å². The van der Waals surface area contributed by atoms with Gasteiger partial charge in [-0.2, -0.15) is 0 Å². The molecule has 88 valence electrons. The van der Waals surface area contributed by atoms with Gasteiger partial charge in [0.25, 0.3) is 0 Å². The van der Waals surface area contributed by atoms with E-state index >= 15 is 0 Å². The highest BCUT2D eigenvalue weighted by atomic mass is 35.5. The highest BCUT2D eigenvalue weighted by Crippen LogP contribution is 2.31. The molecule has 0 aromatic heterocycles. The van der Waals surface area contributed by atoms with Crippen LogP contribution in [0.5, 0.6) is 0 Å². The third-order valence-corrected chi connectivity index (χ3v) is 4.70. The highest BCUT2D eigenvalue weighted by Gasteiger charge is 2.27. The third kappa shape index (κ3) is 2.10. The summed E-state index contributed by atoms with van der Waals surface area (Å²) in [6, 6.07) is 4.87. The Morgan fingerprint density at radius 1 is 1.31 bits per heavy atom. The molecule has 6 heteroatoms. The van der Waals surface area contributed by atoms with Gasteiger partial charge in [-0.3, -0.25) is 4.31 Å². The second kappa shape index (κ2) is 4.14. The Hall–Kier alpha value is -0.940. The summed E-state index contributed by atoms with van der Waals surface area (Å²) in [7, 11) is -3.22. The van der Waals surface area contributed by atoms with Gasteiger partial charge in [0.2, 0.25) is 10.0 Å². The van der Waals surface area contributed by atoms with Crippen molar-refractivity contribution >= 4 is 33.0 Å². The van der Waals surface area contributed by atoms with Gasteiger partial charge in [-0.05, 0) is 31.0 Å². The molecule has 1 fully saturated rings. The molecule has 1 heterocycles. The molecule has 0 bridgehead atoms. The number of anilines is 2. The van der Waals surface area contributed by atoms with Crippen LogP contribution in [0.1, 0.15) is 12.8 Å². The molecular formula is C10H13ClN2O2S. The predicted octanol–water partition coefficient (Wildman–Crippen LogP) is 1.85. The number of hydrogen-bond acceptors (Lipinski definition) is 3. The third-order valence-electron chi connectivity index (χ3n) is 2.61. The second-order valence-corrected chi connectivity index (χ2v) is 6.25. The molecule has 1 aliphatic heterocycles. The first-order chi connectivity index (χ1) is 7.50.